The molecule has 0 amide bonds. The van der Waals surface area contributed by atoms with Crippen LogP contribution in [-0.2, 0) is 20.7 Å². The number of piperidine rings is 1. The predicted octanol–water partition coefficient (Wildman–Crippen LogP) is 3.58. The van der Waals surface area contributed by atoms with E-state index in [4.69, 9.17) is 21.1 Å². The number of hydrogen-bond acceptors (Lipinski definition) is 6. The summed E-state index contributed by atoms with van der Waals surface area (Å²) in [6.45, 7) is 5.14. The second-order valence-electron chi connectivity index (χ2n) is 8.35. The highest BCUT2D eigenvalue weighted by Crippen LogP contribution is 2.27. The van der Waals surface area contributed by atoms with Crippen LogP contribution in [0.4, 0.5) is 5.82 Å². The number of nitrogens with zero attached hydrogens (tertiary/aromatic N) is 3. The van der Waals surface area contributed by atoms with Crippen LogP contribution in [0.3, 0.4) is 0 Å². The Kier molecular flexibility index (Phi) is 7.43. The van der Waals surface area contributed by atoms with Crippen LogP contribution in [0.5, 0.6) is 0 Å². The van der Waals surface area contributed by atoms with E-state index in [-0.39, 0.29) is 12.1 Å². The summed E-state index contributed by atoms with van der Waals surface area (Å²) in [5.74, 6) is 0.787. The van der Waals surface area contributed by atoms with Crippen LogP contribution in [0.15, 0.2) is 48.7 Å². The SMILES string of the molecule is CC(=O)OCC1CN(C2CCN(c3ccccn3)CC2)[C@@H](Cc2ccc(Cl)cc2)CO1. The molecule has 0 bridgehead atoms. The molecular formula is C24H30ClN3O3. The van der Waals surface area contributed by atoms with Gasteiger partial charge in [0.2, 0.25) is 0 Å². The summed E-state index contributed by atoms with van der Waals surface area (Å²) in [5.41, 5.74) is 1.26. The third kappa shape index (κ3) is 5.97. The molecule has 0 spiro atoms. The predicted molar refractivity (Wildman–Crippen MR) is 121 cm³/mol. The zero-order chi connectivity index (χ0) is 21.6. The highest BCUT2D eigenvalue weighted by molar-refractivity contribution is 6.30. The lowest BCUT2D eigenvalue weighted by atomic mass is 9.96. The van der Waals surface area contributed by atoms with E-state index in [1.165, 1.54) is 12.5 Å². The minimum absolute atomic E-state index is 0.0841. The third-order valence-electron chi connectivity index (χ3n) is 6.17. The van der Waals surface area contributed by atoms with Crippen molar-refractivity contribution >= 4 is 23.4 Å². The normalized spacial score (nSPS) is 23.0. The molecule has 4 rings (SSSR count). The molecule has 1 aromatic carbocycles. The van der Waals surface area contributed by atoms with E-state index in [1.54, 1.807) is 0 Å². The molecule has 0 saturated carbocycles. The first-order valence-electron chi connectivity index (χ1n) is 11.0. The van der Waals surface area contributed by atoms with Gasteiger partial charge in [0, 0.05) is 49.9 Å². The molecule has 2 aromatic rings. The number of ether oxygens (including phenoxy) is 2. The number of benzene rings is 1. The molecule has 0 radical (unpaired) electrons. The molecule has 166 valence electrons. The highest BCUT2D eigenvalue weighted by atomic mass is 35.5. The quantitative estimate of drug-likeness (QED) is 0.636. The molecule has 0 aliphatic carbocycles. The van der Waals surface area contributed by atoms with Crippen molar-refractivity contribution in [2.45, 2.75) is 44.4 Å². The van der Waals surface area contributed by atoms with Gasteiger partial charge in [0.15, 0.2) is 0 Å². The van der Waals surface area contributed by atoms with Gasteiger partial charge in [-0.2, -0.15) is 0 Å². The Bertz CT molecular complexity index is 841. The Hall–Kier alpha value is -2.15. The molecule has 1 unspecified atom stereocenters. The second-order valence-corrected chi connectivity index (χ2v) is 8.78. The molecule has 2 aliphatic heterocycles. The van der Waals surface area contributed by atoms with Crippen LogP contribution in [0.25, 0.3) is 0 Å². The lowest BCUT2D eigenvalue weighted by Crippen LogP contribution is -2.58. The number of morpholine rings is 1. The summed E-state index contributed by atoms with van der Waals surface area (Å²) in [5, 5.41) is 0.754. The van der Waals surface area contributed by atoms with Gasteiger partial charge >= 0.3 is 5.97 Å². The van der Waals surface area contributed by atoms with Crippen LogP contribution in [0, 0.1) is 0 Å². The lowest BCUT2D eigenvalue weighted by Gasteiger charge is -2.46. The number of hydrogen-bond donors (Lipinski definition) is 0. The standard InChI is InChI=1S/C24H30ClN3O3/c1-18(29)30-17-23-15-28(22(16-31-23)14-19-5-7-20(25)8-6-19)21-9-12-27(13-10-21)24-4-2-3-11-26-24/h2-8,11,21-23H,9-10,12-17H2,1H3/t22-,23?/m0/s1. The largest absolute Gasteiger partial charge is 0.463 e. The Morgan fingerprint density at radius 3 is 2.65 bits per heavy atom. The number of pyridine rings is 1. The van der Waals surface area contributed by atoms with Gasteiger partial charge in [0.05, 0.1) is 6.61 Å². The van der Waals surface area contributed by atoms with Crippen molar-refractivity contribution in [1.82, 2.24) is 9.88 Å². The van der Waals surface area contributed by atoms with Gasteiger partial charge in [-0.05, 0) is 49.1 Å². The maximum absolute atomic E-state index is 11.3. The average Bonchev–Trinajstić information content (AvgIpc) is 2.80. The van der Waals surface area contributed by atoms with Crippen LogP contribution >= 0.6 is 11.6 Å². The Balaban J connectivity index is 1.42. The fourth-order valence-electron chi connectivity index (χ4n) is 4.57. The van der Waals surface area contributed by atoms with Gasteiger partial charge in [0.25, 0.3) is 0 Å². The first kappa shape index (κ1) is 22.1. The van der Waals surface area contributed by atoms with Gasteiger partial charge in [0.1, 0.15) is 18.5 Å². The molecule has 31 heavy (non-hydrogen) atoms. The fourth-order valence-corrected chi connectivity index (χ4v) is 4.70. The molecule has 7 heteroatoms. The van der Waals surface area contributed by atoms with E-state index >= 15 is 0 Å². The first-order chi connectivity index (χ1) is 15.1. The van der Waals surface area contributed by atoms with Crippen molar-refractivity contribution < 1.29 is 14.3 Å². The van der Waals surface area contributed by atoms with Gasteiger partial charge < -0.3 is 14.4 Å². The zero-order valence-corrected chi connectivity index (χ0v) is 18.7. The topological polar surface area (TPSA) is 54.9 Å². The van der Waals surface area contributed by atoms with E-state index in [2.05, 4.69) is 33.0 Å². The number of rotatable bonds is 6. The van der Waals surface area contributed by atoms with Crippen LogP contribution in [-0.4, -0.2) is 66.9 Å². The average molecular weight is 444 g/mol. The van der Waals surface area contributed by atoms with E-state index in [9.17, 15) is 4.79 Å². The van der Waals surface area contributed by atoms with E-state index in [0.29, 0.717) is 25.3 Å². The summed E-state index contributed by atoms with van der Waals surface area (Å²) < 4.78 is 11.3. The molecule has 2 saturated heterocycles. The maximum Gasteiger partial charge on any atom is 0.302 e. The van der Waals surface area contributed by atoms with Crippen molar-refractivity contribution in [3.8, 4) is 0 Å². The molecule has 2 aliphatic rings. The van der Waals surface area contributed by atoms with Crippen molar-refractivity contribution in [3.63, 3.8) is 0 Å². The van der Waals surface area contributed by atoms with Crippen molar-refractivity contribution in [2.24, 2.45) is 0 Å². The summed E-state index contributed by atoms with van der Waals surface area (Å²) in [6, 6.07) is 14.9. The Labute approximate surface area is 189 Å². The molecule has 6 nitrogen and oxygen atoms in total. The van der Waals surface area contributed by atoms with Gasteiger partial charge in [-0.15, -0.1) is 0 Å². The number of aromatic nitrogens is 1. The van der Waals surface area contributed by atoms with Crippen molar-refractivity contribution in [1.29, 1.82) is 0 Å². The van der Waals surface area contributed by atoms with Crippen LogP contribution < -0.4 is 4.90 Å². The minimum Gasteiger partial charge on any atom is -0.463 e. The summed E-state index contributed by atoms with van der Waals surface area (Å²) in [4.78, 5) is 20.7. The molecule has 2 fully saturated rings. The molecule has 0 N–H and O–H groups in total. The van der Waals surface area contributed by atoms with Gasteiger partial charge in [-0.3, -0.25) is 9.69 Å². The minimum atomic E-state index is -0.262. The number of esters is 1. The smallest absolute Gasteiger partial charge is 0.302 e. The molecule has 2 atom stereocenters. The third-order valence-corrected chi connectivity index (χ3v) is 6.42. The van der Waals surface area contributed by atoms with Crippen LogP contribution in [0.2, 0.25) is 5.02 Å². The van der Waals surface area contributed by atoms with E-state index in [1.807, 2.05) is 30.5 Å². The summed E-state index contributed by atoms with van der Waals surface area (Å²) in [7, 11) is 0. The molecule has 1 aromatic heterocycles. The van der Waals surface area contributed by atoms with Crippen molar-refractivity contribution in [2.75, 3.05) is 37.7 Å². The van der Waals surface area contributed by atoms with Gasteiger partial charge in [-0.1, -0.05) is 29.8 Å². The lowest BCUT2D eigenvalue weighted by molar-refractivity contribution is -0.151. The number of halogens is 1. The number of carbonyl (C=O) groups is 1. The second kappa shape index (κ2) is 10.4. The maximum atomic E-state index is 11.3. The Morgan fingerprint density at radius 1 is 1.19 bits per heavy atom. The first-order valence-corrected chi connectivity index (χ1v) is 11.4. The van der Waals surface area contributed by atoms with E-state index in [0.717, 1.165) is 49.7 Å². The molecular weight excluding hydrogens is 414 g/mol. The number of carbonyl (C=O) groups excluding carboxylic acids is 1. The van der Waals surface area contributed by atoms with Crippen molar-refractivity contribution in [3.05, 3.63) is 59.2 Å². The highest BCUT2D eigenvalue weighted by Gasteiger charge is 2.36. The van der Waals surface area contributed by atoms with Gasteiger partial charge in [-0.25, -0.2) is 4.98 Å². The Morgan fingerprint density at radius 2 is 1.97 bits per heavy atom. The molecule has 3 heterocycles. The fraction of sp³-hybridized carbons (Fsp3) is 0.500. The summed E-state index contributed by atoms with van der Waals surface area (Å²) in [6.07, 6.45) is 4.84. The zero-order valence-electron chi connectivity index (χ0n) is 18.0. The summed E-state index contributed by atoms with van der Waals surface area (Å²) >= 11 is 6.06. The van der Waals surface area contributed by atoms with Crippen LogP contribution in [0.1, 0.15) is 25.3 Å². The monoisotopic (exact) mass is 443 g/mol. The van der Waals surface area contributed by atoms with E-state index < -0.39 is 0 Å². The number of anilines is 1.